The van der Waals surface area contributed by atoms with Crippen molar-refractivity contribution < 1.29 is 0 Å². The SMILES string of the molecule is CC1CCCN1C(=[C-]C#N)c1ccccc1. The van der Waals surface area contributed by atoms with E-state index in [4.69, 9.17) is 5.26 Å². The Balaban J connectivity index is 2.32. The maximum absolute atomic E-state index is 8.84. The van der Waals surface area contributed by atoms with Gasteiger partial charge in [0, 0.05) is 12.6 Å². The number of rotatable bonds is 2. The molecule has 0 saturated carbocycles. The highest BCUT2D eigenvalue weighted by atomic mass is 15.2. The van der Waals surface area contributed by atoms with Gasteiger partial charge >= 0.3 is 0 Å². The molecule has 16 heavy (non-hydrogen) atoms. The smallest absolute Gasteiger partial charge is 0.0230 e. The van der Waals surface area contributed by atoms with Crippen molar-refractivity contribution in [1.82, 2.24) is 4.90 Å². The lowest BCUT2D eigenvalue weighted by Crippen LogP contribution is -2.25. The van der Waals surface area contributed by atoms with Gasteiger partial charge in [-0.1, -0.05) is 18.2 Å². The molecule has 0 spiro atoms. The van der Waals surface area contributed by atoms with Crippen molar-refractivity contribution in [2.45, 2.75) is 25.8 Å². The molecule has 1 aliphatic heterocycles. The third kappa shape index (κ3) is 2.09. The van der Waals surface area contributed by atoms with E-state index >= 15 is 0 Å². The van der Waals surface area contributed by atoms with Gasteiger partial charge in [-0.3, -0.25) is 0 Å². The van der Waals surface area contributed by atoms with Gasteiger partial charge in [-0.2, -0.15) is 5.56 Å². The zero-order valence-corrected chi connectivity index (χ0v) is 9.48. The van der Waals surface area contributed by atoms with Crippen LogP contribution in [0.5, 0.6) is 0 Å². The average Bonchev–Trinajstić information content (AvgIpc) is 2.73. The summed E-state index contributed by atoms with van der Waals surface area (Å²) >= 11 is 0. The van der Waals surface area contributed by atoms with E-state index in [1.807, 2.05) is 36.4 Å². The molecule has 2 heteroatoms. The Morgan fingerprint density at radius 2 is 2.19 bits per heavy atom. The highest BCUT2D eigenvalue weighted by Gasteiger charge is 2.18. The number of allylic oxidation sites excluding steroid dienone is 1. The van der Waals surface area contributed by atoms with Gasteiger partial charge in [0.2, 0.25) is 0 Å². The summed E-state index contributed by atoms with van der Waals surface area (Å²) in [5, 5.41) is 8.84. The number of nitrogens with zero attached hydrogens (tertiary/aromatic N) is 2. The predicted octanol–water partition coefficient (Wildman–Crippen LogP) is 2.84. The fourth-order valence-electron chi connectivity index (χ4n) is 2.22. The average molecular weight is 211 g/mol. The Morgan fingerprint density at radius 3 is 2.75 bits per heavy atom. The maximum Gasteiger partial charge on any atom is 0.0230 e. The molecule has 2 nitrogen and oxygen atoms in total. The van der Waals surface area contributed by atoms with Crippen molar-refractivity contribution in [1.29, 1.82) is 5.26 Å². The number of hydrogen-bond donors (Lipinski definition) is 0. The van der Waals surface area contributed by atoms with Gasteiger partial charge in [0.05, 0.1) is 0 Å². The standard InChI is InChI=1S/C14H15N2/c1-12-6-5-11-16(12)14(9-10-15)13-7-3-2-4-8-13/h2-4,7-8,12H,5-6,11H2,1H3/q-1. The quantitative estimate of drug-likeness (QED) is 0.555. The summed E-state index contributed by atoms with van der Waals surface area (Å²) < 4.78 is 0. The summed E-state index contributed by atoms with van der Waals surface area (Å²) in [6.45, 7) is 3.23. The zero-order valence-electron chi connectivity index (χ0n) is 9.48. The first-order chi connectivity index (χ1) is 7.83. The van der Waals surface area contributed by atoms with Crippen molar-refractivity contribution in [3.05, 3.63) is 42.0 Å². The minimum Gasteiger partial charge on any atom is -0.401 e. The Bertz CT molecular complexity index is 414. The Hall–Kier alpha value is -1.75. The highest BCUT2D eigenvalue weighted by Crippen LogP contribution is 2.27. The van der Waals surface area contributed by atoms with Crippen LogP contribution in [0, 0.1) is 17.4 Å². The van der Waals surface area contributed by atoms with Gasteiger partial charge in [0.15, 0.2) is 0 Å². The summed E-state index contributed by atoms with van der Waals surface area (Å²) in [5.41, 5.74) is 2.02. The molecule has 0 aromatic heterocycles. The van der Waals surface area contributed by atoms with Crippen LogP contribution >= 0.6 is 0 Å². The molecule has 0 radical (unpaired) electrons. The van der Waals surface area contributed by atoms with Gasteiger partial charge in [-0.15, -0.1) is 23.9 Å². The van der Waals surface area contributed by atoms with E-state index in [1.165, 1.54) is 12.8 Å². The highest BCUT2D eigenvalue weighted by molar-refractivity contribution is 5.64. The first kappa shape index (κ1) is 10.8. The lowest BCUT2D eigenvalue weighted by atomic mass is 10.1. The lowest BCUT2D eigenvalue weighted by molar-refractivity contribution is 0.392. The van der Waals surface area contributed by atoms with Crippen LogP contribution in [0.2, 0.25) is 0 Å². The minimum atomic E-state index is 0.510. The van der Waals surface area contributed by atoms with Crippen LogP contribution in [0.4, 0.5) is 0 Å². The monoisotopic (exact) mass is 211 g/mol. The van der Waals surface area contributed by atoms with Gasteiger partial charge in [0.25, 0.3) is 0 Å². The number of hydrogen-bond acceptors (Lipinski definition) is 2. The van der Waals surface area contributed by atoms with Gasteiger partial charge in [-0.05, 0) is 25.8 Å². The first-order valence-corrected chi connectivity index (χ1v) is 5.67. The maximum atomic E-state index is 8.84. The molecule has 0 bridgehead atoms. The third-order valence-electron chi connectivity index (χ3n) is 3.06. The van der Waals surface area contributed by atoms with E-state index in [0.29, 0.717) is 6.04 Å². The molecule has 0 aliphatic carbocycles. The molecular formula is C14H15N2-. The fourth-order valence-corrected chi connectivity index (χ4v) is 2.22. The largest absolute Gasteiger partial charge is 0.401 e. The molecule has 1 heterocycles. The molecule has 0 amide bonds. The van der Waals surface area contributed by atoms with E-state index in [0.717, 1.165) is 17.8 Å². The topological polar surface area (TPSA) is 27.0 Å². The summed E-state index contributed by atoms with van der Waals surface area (Å²) in [7, 11) is 0. The minimum absolute atomic E-state index is 0.510. The molecule has 1 unspecified atom stereocenters. The zero-order chi connectivity index (χ0) is 11.4. The summed E-state index contributed by atoms with van der Waals surface area (Å²) in [6.07, 6.45) is 5.22. The second-order valence-electron chi connectivity index (χ2n) is 4.14. The third-order valence-corrected chi connectivity index (χ3v) is 3.06. The summed E-state index contributed by atoms with van der Waals surface area (Å²) in [4.78, 5) is 2.28. The van der Waals surface area contributed by atoms with Gasteiger partial charge < -0.3 is 4.90 Å². The van der Waals surface area contributed by atoms with Gasteiger partial charge in [-0.25, -0.2) is 5.26 Å². The summed E-state index contributed by atoms with van der Waals surface area (Å²) in [6, 6.07) is 12.6. The Morgan fingerprint density at radius 1 is 1.44 bits per heavy atom. The molecule has 2 rings (SSSR count). The molecule has 0 N–H and O–H groups in total. The van der Waals surface area contributed by atoms with Crippen LogP contribution in [-0.4, -0.2) is 17.5 Å². The molecule has 1 fully saturated rings. The van der Waals surface area contributed by atoms with E-state index in [9.17, 15) is 0 Å². The molecule has 82 valence electrons. The number of likely N-dealkylation sites (tertiary alicyclic amines) is 1. The molecular weight excluding hydrogens is 196 g/mol. The van der Waals surface area contributed by atoms with E-state index < -0.39 is 0 Å². The van der Waals surface area contributed by atoms with Crippen LogP contribution in [-0.2, 0) is 0 Å². The van der Waals surface area contributed by atoms with Crippen LogP contribution in [0.15, 0.2) is 30.3 Å². The lowest BCUT2D eigenvalue weighted by Gasteiger charge is -2.33. The van der Waals surface area contributed by atoms with Crippen LogP contribution < -0.4 is 0 Å². The fraction of sp³-hybridized carbons (Fsp3) is 0.357. The van der Waals surface area contributed by atoms with Crippen LogP contribution in [0.1, 0.15) is 25.3 Å². The Labute approximate surface area is 96.8 Å². The second-order valence-corrected chi connectivity index (χ2v) is 4.14. The predicted molar refractivity (Wildman–Crippen MR) is 64.1 cm³/mol. The molecule has 1 aromatic carbocycles. The van der Waals surface area contributed by atoms with Crippen molar-refractivity contribution >= 4 is 5.70 Å². The van der Waals surface area contributed by atoms with Crippen molar-refractivity contribution in [3.63, 3.8) is 0 Å². The van der Waals surface area contributed by atoms with Crippen LogP contribution in [0.3, 0.4) is 0 Å². The molecule has 1 saturated heterocycles. The summed E-state index contributed by atoms with van der Waals surface area (Å²) in [5.74, 6) is 0. The van der Waals surface area contributed by atoms with Crippen molar-refractivity contribution in [2.24, 2.45) is 0 Å². The van der Waals surface area contributed by atoms with E-state index in [1.54, 1.807) is 0 Å². The van der Waals surface area contributed by atoms with Crippen molar-refractivity contribution in [2.75, 3.05) is 6.54 Å². The van der Waals surface area contributed by atoms with E-state index in [2.05, 4.69) is 17.9 Å². The Kier molecular flexibility index (Phi) is 3.26. The number of benzene rings is 1. The number of nitriles is 1. The normalized spacial score (nSPS) is 20.9. The molecule has 1 aliphatic rings. The molecule has 1 atom stereocenters. The van der Waals surface area contributed by atoms with Gasteiger partial charge in [0.1, 0.15) is 0 Å². The second kappa shape index (κ2) is 4.85. The van der Waals surface area contributed by atoms with Crippen LogP contribution in [0.25, 0.3) is 5.70 Å². The van der Waals surface area contributed by atoms with Crippen molar-refractivity contribution in [3.8, 4) is 6.07 Å². The van der Waals surface area contributed by atoms with E-state index in [-0.39, 0.29) is 0 Å². The first-order valence-electron chi connectivity index (χ1n) is 5.67. The molecule has 1 aromatic rings.